The van der Waals surface area contributed by atoms with Crippen LogP contribution in [0.5, 0.6) is 0 Å². The predicted molar refractivity (Wildman–Crippen MR) is 76.4 cm³/mol. The Morgan fingerprint density at radius 3 is 3.10 bits per heavy atom. The van der Waals surface area contributed by atoms with Gasteiger partial charge < -0.3 is 10.1 Å². The number of hydrogen-bond donors (Lipinski definition) is 2. The van der Waals surface area contributed by atoms with Crippen molar-refractivity contribution >= 4 is 17.0 Å². The average Bonchev–Trinajstić information content (AvgIpc) is 3.02. The van der Waals surface area contributed by atoms with Crippen LogP contribution in [0.4, 0.5) is 0 Å². The summed E-state index contributed by atoms with van der Waals surface area (Å²) in [6.45, 7) is 1.81. The van der Waals surface area contributed by atoms with E-state index in [1.165, 1.54) is 0 Å². The number of aromatic amines is 1. The minimum Gasteiger partial charge on any atom is -0.481 e. The summed E-state index contributed by atoms with van der Waals surface area (Å²) in [5.41, 5.74) is 2.05. The molecular formula is C15H19N3O2. The Hall–Kier alpha value is -1.88. The van der Waals surface area contributed by atoms with Crippen molar-refractivity contribution < 1.29 is 9.90 Å². The molecule has 0 aliphatic carbocycles. The second kappa shape index (κ2) is 5.63. The molecule has 2 aromatic rings. The summed E-state index contributed by atoms with van der Waals surface area (Å²) in [5, 5.41) is 8.81. The van der Waals surface area contributed by atoms with E-state index in [1.807, 2.05) is 24.3 Å². The van der Waals surface area contributed by atoms with Gasteiger partial charge in [-0.05, 0) is 37.9 Å². The van der Waals surface area contributed by atoms with E-state index in [0.717, 1.165) is 49.2 Å². The van der Waals surface area contributed by atoms with Crippen molar-refractivity contribution in [2.75, 3.05) is 6.54 Å². The van der Waals surface area contributed by atoms with Crippen molar-refractivity contribution in [2.24, 2.45) is 0 Å². The highest BCUT2D eigenvalue weighted by Crippen LogP contribution is 2.23. The molecule has 1 aromatic heterocycles. The number of benzene rings is 1. The van der Waals surface area contributed by atoms with Crippen LogP contribution in [0, 0.1) is 0 Å². The van der Waals surface area contributed by atoms with Crippen molar-refractivity contribution in [1.82, 2.24) is 14.9 Å². The minimum atomic E-state index is -0.708. The van der Waals surface area contributed by atoms with Gasteiger partial charge in [-0.1, -0.05) is 12.1 Å². The number of hydrogen-bond acceptors (Lipinski definition) is 3. The topological polar surface area (TPSA) is 69.2 Å². The zero-order chi connectivity index (χ0) is 13.9. The Kier molecular flexibility index (Phi) is 3.69. The maximum absolute atomic E-state index is 10.7. The SMILES string of the molecule is O=C(O)CCC1CCCN1Cc1nc2ccccc2[nH]1. The highest BCUT2D eigenvalue weighted by atomic mass is 16.4. The van der Waals surface area contributed by atoms with E-state index < -0.39 is 5.97 Å². The molecule has 3 rings (SSSR count). The van der Waals surface area contributed by atoms with Crippen LogP contribution >= 0.6 is 0 Å². The lowest BCUT2D eigenvalue weighted by molar-refractivity contribution is -0.137. The molecular weight excluding hydrogens is 254 g/mol. The Balaban J connectivity index is 1.68. The van der Waals surface area contributed by atoms with Crippen LogP contribution < -0.4 is 0 Å². The van der Waals surface area contributed by atoms with Crippen LogP contribution in [0.15, 0.2) is 24.3 Å². The van der Waals surface area contributed by atoms with Crippen LogP contribution in [0.25, 0.3) is 11.0 Å². The molecule has 1 unspecified atom stereocenters. The van der Waals surface area contributed by atoms with Gasteiger partial charge in [-0.25, -0.2) is 4.98 Å². The predicted octanol–water partition coefficient (Wildman–Crippen LogP) is 2.39. The highest BCUT2D eigenvalue weighted by Gasteiger charge is 2.25. The van der Waals surface area contributed by atoms with Gasteiger partial charge in [-0.15, -0.1) is 0 Å². The molecule has 2 N–H and O–H groups in total. The molecule has 20 heavy (non-hydrogen) atoms. The monoisotopic (exact) mass is 273 g/mol. The number of nitrogens with zero attached hydrogens (tertiary/aromatic N) is 2. The number of carboxylic acid groups (broad SMARTS) is 1. The van der Waals surface area contributed by atoms with Crippen LogP contribution in [0.2, 0.25) is 0 Å². The molecule has 1 saturated heterocycles. The maximum atomic E-state index is 10.7. The molecule has 5 nitrogen and oxygen atoms in total. The number of imidazole rings is 1. The molecule has 1 aliphatic heterocycles. The van der Waals surface area contributed by atoms with Gasteiger partial charge in [0, 0.05) is 12.5 Å². The highest BCUT2D eigenvalue weighted by molar-refractivity contribution is 5.74. The van der Waals surface area contributed by atoms with Crippen molar-refractivity contribution in [1.29, 1.82) is 0 Å². The fourth-order valence-electron chi connectivity index (χ4n) is 2.99. The number of carboxylic acids is 1. The van der Waals surface area contributed by atoms with Gasteiger partial charge >= 0.3 is 5.97 Å². The molecule has 0 spiro atoms. The summed E-state index contributed by atoms with van der Waals surface area (Å²) in [6, 6.07) is 8.38. The quantitative estimate of drug-likeness (QED) is 0.877. The molecule has 0 radical (unpaired) electrons. The maximum Gasteiger partial charge on any atom is 0.303 e. The minimum absolute atomic E-state index is 0.251. The molecule has 2 heterocycles. The first-order chi connectivity index (χ1) is 9.72. The third-order valence-electron chi connectivity index (χ3n) is 3.98. The van der Waals surface area contributed by atoms with Gasteiger partial charge in [-0.2, -0.15) is 0 Å². The van der Waals surface area contributed by atoms with Gasteiger partial charge in [0.1, 0.15) is 5.82 Å². The first-order valence-corrected chi connectivity index (χ1v) is 7.12. The van der Waals surface area contributed by atoms with Crippen LogP contribution in [0.1, 0.15) is 31.5 Å². The summed E-state index contributed by atoms with van der Waals surface area (Å²) in [6.07, 6.45) is 3.22. The number of carbonyl (C=O) groups is 1. The lowest BCUT2D eigenvalue weighted by atomic mass is 10.1. The molecule has 1 aromatic carbocycles. The molecule has 0 amide bonds. The second-order valence-corrected chi connectivity index (χ2v) is 5.40. The fraction of sp³-hybridized carbons (Fsp3) is 0.467. The number of para-hydroxylation sites is 2. The first-order valence-electron chi connectivity index (χ1n) is 7.12. The van der Waals surface area contributed by atoms with Crippen LogP contribution in [-0.4, -0.2) is 38.5 Å². The molecule has 1 fully saturated rings. The lowest BCUT2D eigenvalue weighted by Gasteiger charge is -2.22. The van der Waals surface area contributed by atoms with E-state index in [2.05, 4.69) is 14.9 Å². The van der Waals surface area contributed by atoms with E-state index in [9.17, 15) is 4.79 Å². The summed E-state index contributed by atoms with van der Waals surface area (Å²) < 4.78 is 0. The van der Waals surface area contributed by atoms with E-state index >= 15 is 0 Å². The van der Waals surface area contributed by atoms with Gasteiger partial charge in [-0.3, -0.25) is 9.69 Å². The standard InChI is InChI=1S/C15H19N3O2/c19-15(20)8-7-11-4-3-9-18(11)10-14-16-12-5-1-2-6-13(12)17-14/h1-2,5-6,11H,3-4,7-10H2,(H,16,17)(H,19,20). The van der Waals surface area contributed by atoms with Crippen molar-refractivity contribution in [3.63, 3.8) is 0 Å². The Bertz CT molecular complexity index is 575. The van der Waals surface area contributed by atoms with Crippen LogP contribution in [0.3, 0.4) is 0 Å². The first kappa shape index (κ1) is 13.1. The number of fused-ring (bicyclic) bond motifs is 1. The van der Waals surface area contributed by atoms with Gasteiger partial charge in [0.2, 0.25) is 0 Å². The van der Waals surface area contributed by atoms with E-state index in [0.29, 0.717) is 6.04 Å². The smallest absolute Gasteiger partial charge is 0.303 e. The van der Waals surface area contributed by atoms with Gasteiger partial charge in [0.25, 0.3) is 0 Å². The molecule has 0 saturated carbocycles. The third-order valence-corrected chi connectivity index (χ3v) is 3.98. The zero-order valence-electron chi connectivity index (χ0n) is 11.4. The summed E-state index contributed by atoms with van der Waals surface area (Å²) in [4.78, 5) is 21.0. The molecule has 0 bridgehead atoms. The Morgan fingerprint density at radius 2 is 2.30 bits per heavy atom. The molecule has 5 heteroatoms. The summed E-state index contributed by atoms with van der Waals surface area (Å²) in [5.74, 6) is 0.258. The van der Waals surface area contributed by atoms with E-state index in [4.69, 9.17) is 5.11 Å². The number of likely N-dealkylation sites (tertiary alicyclic amines) is 1. The average molecular weight is 273 g/mol. The molecule has 1 aliphatic rings. The van der Waals surface area contributed by atoms with Gasteiger partial charge in [0.05, 0.1) is 17.6 Å². The summed E-state index contributed by atoms with van der Waals surface area (Å²) >= 11 is 0. The summed E-state index contributed by atoms with van der Waals surface area (Å²) in [7, 11) is 0. The van der Waals surface area contributed by atoms with Crippen LogP contribution in [-0.2, 0) is 11.3 Å². The molecule has 106 valence electrons. The zero-order valence-corrected chi connectivity index (χ0v) is 11.4. The number of rotatable bonds is 5. The number of H-pyrrole nitrogens is 1. The van der Waals surface area contributed by atoms with Gasteiger partial charge in [0.15, 0.2) is 0 Å². The second-order valence-electron chi connectivity index (χ2n) is 5.40. The number of aliphatic carboxylic acids is 1. The number of aromatic nitrogens is 2. The largest absolute Gasteiger partial charge is 0.481 e. The van der Waals surface area contributed by atoms with Crippen molar-refractivity contribution in [3.05, 3.63) is 30.1 Å². The molecule has 1 atom stereocenters. The van der Waals surface area contributed by atoms with E-state index in [1.54, 1.807) is 0 Å². The Labute approximate surface area is 117 Å². The van der Waals surface area contributed by atoms with E-state index in [-0.39, 0.29) is 6.42 Å². The lowest BCUT2D eigenvalue weighted by Crippen LogP contribution is -2.29. The van der Waals surface area contributed by atoms with Crippen molar-refractivity contribution in [2.45, 2.75) is 38.3 Å². The number of nitrogens with one attached hydrogen (secondary N) is 1. The third kappa shape index (κ3) is 2.82. The Morgan fingerprint density at radius 1 is 1.45 bits per heavy atom. The normalized spacial score (nSPS) is 19.7. The fourth-order valence-corrected chi connectivity index (χ4v) is 2.99. The van der Waals surface area contributed by atoms with Crippen molar-refractivity contribution in [3.8, 4) is 0 Å².